The molecule has 0 bridgehead atoms. The number of hydrogen-bond donors (Lipinski definition) is 2. The summed E-state index contributed by atoms with van der Waals surface area (Å²) < 4.78 is 0. The highest BCUT2D eigenvalue weighted by molar-refractivity contribution is 6.05. The lowest BCUT2D eigenvalue weighted by Crippen LogP contribution is -2.16. The van der Waals surface area contributed by atoms with Crippen LogP contribution in [0.4, 0.5) is 5.69 Å². The summed E-state index contributed by atoms with van der Waals surface area (Å²) >= 11 is 0. The Balaban J connectivity index is 1.41. The second-order valence-electron chi connectivity index (χ2n) is 8.06. The Kier molecular flexibility index (Phi) is 4.52. The number of H-pyrrole nitrogens is 1. The minimum absolute atomic E-state index is 0.289. The van der Waals surface area contributed by atoms with Crippen molar-refractivity contribution in [3.63, 3.8) is 0 Å². The van der Waals surface area contributed by atoms with Gasteiger partial charge >= 0.3 is 0 Å². The Hall–Kier alpha value is -3.98. The van der Waals surface area contributed by atoms with E-state index in [1.807, 2.05) is 38.1 Å². The van der Waals surface area contributed by atoms with Crippen LogP contribution in [0, 0.1) is 25.2 Å². The van der Waals surface area contributed by atoms with Crippen LogP contribution in [-0.4, -0.2) is 21.1 Å². The van der Waals surface area contributed by atoms with E-state index in [-0.39, 0.29) is 5.91 Å². The van der Waals surface area contributed by atoms with Crippen molar-refractivity contribution in [1.29, 1.82) is 5.26 Å². The van der Waals surface area contributed by atoms with Gasteiger partial charge in [0.25, 0.3) is 5.91 Å². The third kappa shape index (κ3) is 3.34. The molecule has 5 rings (SSSR count). The average molecular weight is 407 g/mol. The van der Waals surface area contributed by atoms with Gasteiger partial charge in [-0.1, -0.05) is 30.3 Å². The summed E-state index contributed by atoms with van der Waals surface area (Å²) in [5, 5.41) is 20.8. The number of rotatable bonds is 4. The molecule has 31 heavy (non-hydrogen) atoms. The van der Waals surface area contributed by atoms with Gasteiger partial charge in [0.05, 0.1) is 16.8 Å². The first-order chi connectivity index (χ1) is 15.1. The van der Waals surface area contributed by atoms with Gasteiger partial charge in [-0.25, -0.2) is 4.98 Å². The van der Waals surface area contributed by atoms with E-state index in [1.165, 1.54) is 11.8 Å². The first-order valence-corrected chi connectivity index (χ1v) is 10.3. The number of nitrogens with one attached hydrogen (secondary N) is 2. The standard InChI is InChI=1S/C25H21N5O/c1-14-15(2)23(27-13-17(14)12-26)25(31)28-18-8-9-22-21(10-18)24(30-29-22)20-11-19(20)16-6-4-3-5-7-16/h3-10,13,19-20H,11H2,1-2H3,(H,28,31)(H,29,30)/t19?,20-/m1/s1. The van der Waals surface area contributed by atoms with E-state index in [0.29, 0.717) is 34.3 Å². The lowest BCUT2D eigenvalue weighted by Gasteiger charge is -2.10. The van der Waals surface area contributed by atoms with Gasteiger partial charge in [-0.2, -0.15) is 10.4 Å². The first kappa shape index (κ1) is 19.0. The van der Waals surface area contributed by atoms with Crippen LogP contribution in [0.15, 0.2) is 54.7 Å². The smallest absolute Gasteiger partial charge is 0.274 e. The second-order valence-corrected chi connectivity index (χ2v) is 8.06. The molecule has 0 spiro atoms. The van der Waals surface area contributed by atoms with E-state index in [2.05, 4.69) is 50.8 Å². The Bertz CT molecular complexity index is 1350. The van der Waals surface area contributed by atoms with Crippen LogP contribution in [0.3, 0.4) is 0 Å². The SMILES string of the molecule is Cc1c(C#N)cnc(C(=O)Nc2ccc3[nH]nc([C@@H]4CC4c4ccccc4)c3c2)c1C. The fraction of sp³-hybridized carbons (Fsp3) is 0.200. The lowest BCUT2D eigenvalue weighted by molar-refractivity contribution is 0.102. The summed E-state index contributed by atoms with van der Waals surface area (Å²) in [5.41, 5.74) is 6.33. The monoisotopic (exact) mass is 407 g/mol. The molecule has 1 amide bonds. The summed E-state index contributed by atoms with van der Waals surface area (Å²) in [7, 11) is 0. The van der Waals surface area contributed by atoms with Crippen LogP contribution in [0.5, 0.6) is 0 Å². The Morgan fingerprint density at radius 3 is 2.71 bits per heavy atom. The maximum Gasteiger partial charge on any atom is 0.274 e. The van der Waals surface area contributed by atoms with Crippen LogP contribution >= 0.6 is 0 Å². The summed E-state index contributed by atoms with van der Waals surface area (Å²) in [6.07, 6.45) is 2.53. The summed E-state index contributed by atoms with van der Waals surface area (Å²) in [5.74, 6) is 0.578. The van der Waals surface area contributed by atoms with Gasteiger partial charge in [-0.3, -0.25) is 9.89 Å². The number of carbonyl (C=O) groups excluding carboxylic acids is 1. The van der Waals surface area contributed by atoms with E-state index >= 15 is 0 Å². The molecule has 2 atom stereocenters. The fourth-order valence-electron chi connectivity index (χ4n) is 4.19. The highest BCUT2D eigenvalue weighted by Gasteiger charge is 2.41. The molecule has 4 aromatic rings. The van der Waals surface area contributed by atoms with Crippen molar-refractivity contribution >= 4 is 22.5 Å². The molecule has 0 saturated heterocycles. The van der Waals surface area contributed by atoms with Gasteiger partial charge in [0.1, 0.15) is 11.8 Å². The van der Waals surface area contributed by atoms with Crippen molar-refractivity contribution in [3.05, 3.63) is 88.4 Å². The molecule has 1 aliphatic carbocycles. The molecule has 2 heterocycles. The third-order valence-electron chi connectivity index (χ3n) is 6.20. The Labute approximate surface area is 179 Å². The number of fused-ring (bicyclic) bond motifs is 1. The molecule has 0 aliphatic heterocycles. The predicted molar refractivity (Wildman–Crippen MR) is 119 cm³/mol. The van der Waals surface area contributed by atoms with Gasteiger partial charge in [-0.15, -0.1) is 0 Å². The number of benzene rings is 2. The normalized spacial score (nSPS) is 17.3. The van der Waals surface area contributed by atoms with Gasteiger partial charge in [0.15, 0.2) is 0 Å². The molecule has 2 aromatic carbocycles. The molecule has 1 unspecified atom stereocenters. The van der Waals surface area contributed by atoms with Gasteiger partial charge in [0.2, 0.25) is 0 Å². The van der Waals surface area contributed by atoms with Crippen molar-refractivity contribution in [2.24, 2.45) is 0 Å². The highest BCUT2D eigenvalue weighted by Crippen LogP contribution is 2.55. The number of aromatic amines is 1. The van der Waals surface area contributed by atoms with Crippen LogP contribution in [0.25, 0.3) is 10.9 Å². The van der Waals surface area contributed by atoms with E-state index in [0.717, 1.165) is 28.6 Å². The molecule has 2 aromatic heterocycles. The molecule has 1 saturated carbocycles. The molecular formula is C25H21N5O. The Morgan fingerprint density at radius 2 is 1.94 bits per heavy atom. The number of amides is 1. The zero-order valence-corrected chi connectivity index (χ0v) is 17.3. The zero-order valence-electron chi connectivity index (χ0n) is 17.3. The minimum Gasteiger partial charge on any atom is -0.321 e. The average Bonchev–Trinajstić information content (AvgIpc) is 3.48. The number of pyridine rings is 1. The van der Waals surface area contributed by atoms with E-state index in [4.69, 9.17) is 5.26 Å². The van der Waals surface area contributed by atoms with Gasteiger partial charge in [-0.05, 0) is 61.1 Å². The summed E-state index contributed by atoms with van der Waals surface area (Å²) in [4.78, 5) is 17.1. The first-order valence-electron chi connectivity index (χ1n) is 10.3. The maximum absolute atomic E-state index is 12.8. The van der Waals surface area contributed by atoms with E-state index in [1.54, 1.807) is 0 Å². The van der Waals surface area contributed by atoms with Gasteiger partial charge in [0, 0.05) is 23.2 Å². The number of aromatic nitrogens is 3. The molecule has 1 fully saturated rings. The molecular weight excluding hydrogens is 386 g/mol. The number of nitrogens with zero attached hydrogens (tertiary/aromatic N) is 3. The second kappa shape index (κ2) is 7.37. The van der Waals surface area contributed by atoms with Crippen molar-refractivity contribution in [3.8, 4) is 6.07 Å². The maximum atomic E-state index is 12.8. The lowest BCUT2D eigenvalue weighted by atomic mass is 10.0. The van der Waals surface area contributed by atoms with Crippen molar-refractivity contribution < 1.29 is 4.79 Å². The molecule has 152 valence electrons. The summed E-state index contributed by atoms with van der Waals surface area (Å²) in [6, 6.07) is 18.4. The molecule has 2 N–H and O–H groups in total. The number of carbonyl (C=O) groups is 1. The van der Waals surface area contributed by atoms with Crippen LogP contribution in [-0.2, 0) is 0 Å². The minimum atomic E-state index is -0.289. The zero-order chi connectivity index (χ0) is 21.5. The van der Waals surface area contributed by atoms with Crippen LogP contribution < -0.4 is 5.32 Å². The predicted octanol–water partition coefficient (Wildman–Crippen LogP) is 4.97. The van der Waals surface area contributed by atoms with E-state index < -0.39 is 0 Å². The van der Waals surface area contributed by atoms with Crippen molar-refractivity contribution in [1.82, 2.24) is 15.2 Å². The largest absolute Gasteiger partial charge is 0.321 e. The number of hydrogen-bond acceptors (Lipinski definition) is 4. The van der Waals surface area contributed by atoms with Crippen LogP contribution in [0.2, 0.25) is 0 Å². The summed E-state index contributed by atoms with van der Waals surface area (Å²) in [6.45, 7) is 3.64. The topological polar surface area (TPSA) is 94.5 Å². The third-order valence-corrected chi connectivity index (χ3v) is 6.20. The molecule has 6 nitrogen and oxygen atoms in total. The molecule has 0 radical (unpaired) electrons. The van der Waals surface area contributed by atoms with Gasteiger partial charge < -0.3 is 5.32 Å². The molecule has 1 aliphatic rings. The highest BCUT2D eigenvalue weighted by atomic mass is 16.1. The quantitative estimate of drug-likeness (QED) is 0.499. The Morgan fingerprint density at radius 1 is 1.13 bits per heavy atom. The van der Waals surface area contributed by atoms with E-state index in [9.17, 15) is 4.79 Å². The fourth-order valence-corrected chi connectivity index (χ4v) is 4.19. The molecule has 6 heteroatoms. The number of nitriles is 1. The van der Waals surface area contributed by atoms with Crippen LogP contribution in [0.1, 0.15) is 56.7 Å². The number of anilines is 1. The van der Waals surface area contributed by atoms with Crippen molar-refractivity contribution in [2.75, 3.05) is 5.32 Å². The van der Waals surface area contributed by atoms with Crippen molar-refractivity contribution in [2.45, 2.75) is 32.1 Å².